The van der Waals surface area contributed by atoms with Crippen LogP contribution in [0.25, 0.3) is 0 Å². The molecule has 3 rings (SSSR count). The van der Waals surface area contributed by atoms with Crippen LogP contribution < -0.4 is 15.4 Å². The summed E-state index contributed by atoms with van der Waals surface area (Å²) < 4.78 is 16.6. The maximum absolute atomic E-state index is 12.6. The number of anilines is 2. The number of amides is 2. The summed E-state index contributed by atoms with van der Waals surface area (Å²) in [5.41, 5.74) is 0.305. The highest BCUT2D eigenvalue weighted by atomic mass is 35.5. The fraction of sp³-hybridized carbons (Fsp3) is 0.321. The monoisotopic (exact) mass is 575 g/mol. The predicted octanol–water partition coefficient (Wildman–Crippen LogP) is 5.92. The second kappa shape index (κ2) is 18.9. The summed E-state index contributed by atoms with van der Waals surface area (Å²) >= 11 is 5.76. The Morgan fingerprint density at radius 3 is 2.45 bits per heavy atom. The van der Waals surface area contributed by atoms with Gasteiger partial charge in [0.2, 0.25) is 5.91 Å². The number of pyridine rings is 1. The molecule has 0 saturated carbocycles. The lowest BCUT2D eigenvalue weighted by molar-refractivity contribution is -0.139. The number of carboxylic acid groups (broad SMARTS) is 1. The molecule has 1 aliphatic rings. The fourth-order valence-corrected chi connectivity index (χ4v) is 3.40. The first-order valence-corrected chi connectivity index (χ1v) is 13.0. The minimum atomic E-state index is -1.16. The molecule has 2 heterocycles. The zero-order valence-electron chi connectivity index (χ0n) is 22.7. The van der Waals surface area contributed by atoms with Gasteiger partial charge < -0.3 is 25.4 Å². The normalized spacial score (nSPS) is 12.2. The van der Waals surface area contributed by atoms with Crippen LogP contribution in [0, 0.1) is 5.41 Å². The van der Waals surface area contributed by atoms with Crippen molar-refractivity contribution in [3.05, 3.63) is 71.7 Å². The molecule has 0 aliphatic carbocycles. The van der Waals surface area contributed by atoms with Crippen molar-refractivity contribution >= 4 is 46.7 Å². The maximum Gasteiger partial charge on any atom is 0.341 e. The third kappa shape index (κ3) is 12.5. The molecule has 1 saturated heterocycles. The van der Waals surface area contributed by atoms with Gasteiger partial charge in [-0.1, -0.05) is 31.5 Å². The molecule has 0 radical (unpaired) electrons. The van der Waals surface area contributed by atoms with Gasteiger partial charge in [0.05, 0.1) is 28.4 Å². The van der Waals surface area contributed by atoms with Gasteiger partial charge in [0, 0.05) is 25.7 Å². The van der Waals surface area contributed by atoms with Gasteiger partial charge in [-0.3, -0.25) is 15.0 Å². The van der Waals surface area contributed by atoms with E-state index < -0.39 is 24.4 Å². The summed E-state index contributed by atoms with van der Waals surface area (Å²) in [6, 6.07) is 7.31. The molecule has 0 spiro atoms. The Labute approximate surface area is 238 Å². The van der Waals surface area contributed by atoms with Crippen molar-refractivity contribution in [1.29, 1.82) is 5.41 Å². The number of carbonyl (C=O) groups is 3. The Hall–Kier alpha value is -4.25. The van der Waals surface area contributed by atoms with Crippen LogP contribution in [0.5, 0.6) is 5.75 Å². The molecule has 0 atom stereocenters. The largest absolute Gasteiger partial charge is 0.482 e. The molecule has 1 fully saturated rings. The molecular formula is C28H35ClFN5O5. The molecule has 40 heavy (non-hydrogen) atoms. The molecule has 2 amide bonds. The number of nitrogens with one attached hydrogen (secondary N) is 3. The van der Waals surface area contributed by atoms with Gasteiger partial charge in [0.25, 0.3) is 5.91 Å². The molecule has 1 aromatic heterocycles. The van der Waals surface area contributed by atoms with Crippen molar-refractivity contribution in [2.24, 2.45) is 0 Å². The highest BCUT2D eigenvalue weighted by Crippen LogP contribution is 2.24. The third-order valence-electron chi connectivity index (χ3n) is 5.03. The standard InChI is InChI=1S/C18H16ClN3O5.C8H13FN2.C2H6/c1-2-3-16(23)21-14-6-5-12(27-10-17(24)25)8-13(14)18(26)22-15-7-4-11(19)9-20-15;9-5-3-4-8(10)11-6-1-2-7-11;1-2/h2-9H,10H2,1H3,(H,21,23)(H,24,25)(H,20,22,26);3,5,10H,1-2,4,6-7H2;1-2H3/b3-2+;5-3+,10-8?;. The average Bonchev–Trinajstić information content (AvgIpc) is 3.49. The molecule has 1 aliphatic heterocycles. The number of hydrogen-bond acceptors (Lipinski definition) is 6. The predicted molar refractivity (Wildman–Crippen MR) is 155 cm³/mol. The van der Waals surface area contributed by atoms with Crippen molar-refractivity contribution in [3.63, 3.8) is 0 Å². The first kappa shape index (κ1) is 33.8. The zero-order chi connectivity index (χ0) is 29.9. The highest BCUT2D eigenvalue weighted by molar-refractivity contribution is 6.30. The summed E-state index contributed by atoms with van der Waals surface area (Å²) in [7, 11) is 0. The number of amidine groups is 1. The van der Waals surface area contributed by atoms with Crippen LogP contribution in [-0.2, 0) is 9.59 Å². The van der Waals surface area contributed by atoms with E-state index >= 15 is 0 Å². The number of carboxylic acids is 1. The van der Waals surface area contributed by atoms with Gasteiger partial charge in [0.15, 0.2) is 6.61 Å². The molecule has 0 bridgehead atoms. The lowest BCUT2D eigenvalue weighted by Gasteiger charge is -2.16. The number of aliphatic carboxylic acids is 1. The van der Waals surface area contributed by atoms with Crippen molar-refractivity contribution in [3.8, 4) is 5.75 Å². The second-order valence-corrected chi connectivity index (χ2v) is 8.34. The molecule has 0 unspecified atom stereocenters. The van der Waals surface area contributed by atoms with Gasteiger partial charge in [-0.05, 0) is 62.2 Å². The van der Waals surface area contributed by atoms with Crippen LogP contribution in [0.15, 0.2) is 61.1 Å². The van der Waals surface area contributed by atoms with Crippen molar-refractivity contribution < 1.29 is 28.6 Å². The fourth-order valence-electron chi connectivity index (χ4n) is 3.29. The minimum Gasteiger partial charge on any atom is -0.482 e. The number of hydrogen-bond donors (Lipinski definition) is 4. The summed E-state index contributed by atoms with van der Waals surface area (Å²) in [4.78, 5) is 41.1. The molecule has 2 aromatic rings. The molecule has 4 N–H and O–H groups in total. The SMILES string of the molecule is C/C=C/C(=O)Nc1ccc(OCC(=O)O)cc1C(=O)Nc1ccc(Cl)cn1.CC.N=C(C/C=C/F)N1CCCC1. The number of ether oxygens (including phenoxy) is 1. The Kier molecular flexibility index (Phi) is 16.0. The zero-order valence-corrected chi connectivity index (χ0v) is 23.5. The maximum atomic E-state index is 12.6. The summed E-state index contributed by atoms with van der Waals surface area (Å²) in [5, 5.41) is 21.8. The van der Waals surface area contributed by atoms with E-state index in [2.05, 4.69) is 15.6 Å². The Balaban J connectivity index is 0.000000512. The Bertz CT molecular complexity index is 1180. The van der Waals surface area contributed by atoms with Crippen LogP contribution in [0.4, 0.5) is 15.9 Å². The molecule has 1 aromatic carbocycles. The van der Waals surface area contributed by atoms with E-state index in [4.69, 9.17) is 26.9 Å². The van der Waals surface area contributed by atoms with Crippen molar-refractivity contribution in [2.75, 3.05) is 30.3 Å². The van der Waals surface area contributed by atoms with Crippen molar-refractivity contribution in [1.82, 2.24) is 9.88 Å². The summed E-state index contributed by atoms with van der Waals surface area (Å²) in [6.45, 7) is 7.06. The van der Waals surface area contributed by atoms with E-state index in [1.54, 1.807) is 19.1 Å². The van der Waals surface area contributed by atoms with E-state index in [-0.39, 0.29) is 22.8 Å². The van der Waals surface area contributed by atoms with Crippen LogP contribution in [0.2, 0.25) is 5.02 Å². The quantitative estimate of drug-likeness (QED) is 0.165. The summed E-state index contributed by atoms with van der Waals surface area (Å²) in [6.07, 6.45) is 8.87. The van der Waals surface area contributed by atoms with Gasteiger partial charge in [-0.25, -0.2) is 14.2 Å². The lowest BCUT2D eigenvalue weighted by atomic mass is 10.1. The number of benzene rings is 1. The third-order valence-corrected chi connectivity index (χ3v) is 5.25. The molecule has 10 nitrogen and oxygen atoms in total. The Morgan fingerprint density at radius 2 is 1.88 bits per heavy atom. The number of aromatic nitrogens is 1. The van der Waals surface area contributed by atoms with Crippen LogP contribution >= 0.6 is 11.6 Å². The van der Waals surface area contributed by atoms with Crippen LogP contribution in [0.1, 0.15) is 50.4 Å². The highest BCUT2D eigenvalue weighted by Gasteiger charge is 2.16. The molecule has 216 valence electrons. The number of nitrogens with zero attached hydrogens (tertiary/aromatic N) is 2. The van der Waals surface area contributed by atoms with Gasteiger partial charge in [0.1, 0.15) is 11.6 Å². The van der Waals surface area contributed by atoms with Gasteiger partial charge in [-0.15, -0.1) is 0 Å². The van der Waals surface area contributed by atoms with E-state index in [9.17, 15) is 18.8 Å². The van der Waals surface area contributed by atoms with Gasteiger partial charge in [-0.2, -0.15) is 0 Å². The number of likely N-dealkylation sites (tertiary alicyclic amines) is 1. The van der Waals surface area contributed by atoms with E-state index in [1.807, 2.05) is 18.7 Å². The number of rotatable bonds is 9. The van der Waals surface area contributed by atoms with E-state index in [0.29, 0.717) is 23.6 Å². The van der Waals surface area contributed by atoms with Gasteiger partial charge >= 0.3 is 5.97 Å². The second-order valence-electron chi connectivity index (χ2n) is 7.90. The van der Waals surface area contributed by atoms with E-state index in [1.165, 1.54) is 55.5 Å². The number of allylic oxidation sites excluding steroid dienone is 1. The van der Waals surface area contributed by atoms with E-state index in [0.717, 1.165) is 13.1 Å². The summed E-state index contributed by atoms with van der Waals surface area (Å²) in [5.74, 6) is -1.19. The first-order valence-electron chi connectivity index (χ1n) is 12.7. The number of carbonyl (C=O) groups excluding carboxylic acids is 2. The van der Waals surface area contributed by atoms with Crippen molar-refractivity contribution in [2.45, 2.75) is 40.0 Å². The lowest BCUT2D eigenvalue weighted by Crippen LogP contribution is -2.26. The molecule has 12 heteroatoms. The molecular weight excluding hydrogens is 541 g/mol. The van der Waals surface area contributed by atoms with Crippen LogP contribution in [0.3, 0.4) is 0 Å². The number of halogens is 2. The Morgan fingerprint density at radius 1 is 1.18 bits per heavy atom. The average molecular weight is 576 g/mol. The minimum absolute atomic E-state index is 0.0764. The first-order chi connectivity index (χ1) is 19.2. The topological polar surface area (TPSA) is 145 Å². The van der Waals surface area contributed by atoms with Crippen LogP contribution in [-0.4, -0.2) is 58.3 Å². The smallest absolute Gasteiger partial charge is 0.341 e.